The molecule has 5 heteroatoms. The molecule has 1 aromatic carbocycles. The Hall–Kier alpha value is -1.19. The quantitative estimate of drug-likeness (QED) is 0.912. The molecule has 0 radical (unpaired) electrons. The highest BCUT2D eigenvalue weighted by atomic mass is 35.5. The Kier molecular flexibility index (Phi) is 3.36. The maximum atomic E-state index is 6.03. The summed E-state index contributed by atoms with van der Waals surface area (Å²) in [6.07, 6.45) is 1.89. The second-order valence-electron chi connectivity index (χ2n) is 3.43. The number of nitrogens with one attached hydrogen (secondary N) is 1. The van der Waals surface area contributed by atoms with Crippen LogP contribution in [0.15, 0.2) is 30.5 Å². The predicted octanol–water partition coefficient (Wildman–Crippen LogP) is 3.34. The average Bonchev–Trinajstić information content (AvgIpc) is 2.63. The zero-order chi connectivity index (χ0) is 11.5. The molecule has 0 aliphatic carbocycles. The molecule has 16 heavy (non-hydrogen) atoms. The molecule has 0 atom stereocenters. The standard InChI is InChI=1S/C11H11Cl2N3/c1-16-6-5-8(15-16)7-14-11-9(12)3-2-4-10(11)13/h2-6,14H,7H2,1H3. The van der Waals surface area contributed by atoms with Gasteiger partial charge in [0.05, 0.1) is 28.0 Å². The third-order valence-electron chi connectivity index (χ3n) is 2.18. The Labute approximate surface area is 104 Å². The maximum Gasteiger partial charge on any atom is 0.0815 e. The van der Waals surface area contributed by atoms with E-state index in [9.17, 15) is 0 Å². The molecule has 2 aromatic rings. The van der Waals surface area contributed by atoms with Crippen molar-refractivity contribution < 1.29 is 0 Å². The fraction of sp³-hybridized carbons (Fsp3) is 0.182. The summed E-state index contributed by atoms with van der Waals surface area (Å²) in [6, 6.07) is 7.36. The highest BCUT2D eigenvalue weighted by Gasteiger charge is 2.05. The van der Waals surface area contributed by atoms with Gasteiger partial charge in [-0.05, 0) is 18.2 Å². The third-order valence-corrected chi connectivity index (χ3v) is 2.81. The molecule has 1 N–H and O–H groups in total. The number of para-hydroxylation sites is 1. The van der Waals surface area contributed by atoms with E-state index >= 15 is 0 Å². The summed E-state index contributed by atoms with van der Waals surface area (Å²) in [4.78, 5) is 0. The minimum absolute atomic E-state index is 0.601. The van der Waals surface area contributed by atoms with E-state index < -0.39 is 0 Å². The molecule has 84 valence electrons. The van der Waals surface area contributed by atoms with Crippen LogP contribution in [0.5, 0.6) is 0 Å². The molecule has 0 unspecified atom stereocenters. The SMILES string of the molecule is Cn1ccc(CNc2c(Cl)cccc2Cl)n1. The molecule has 0 saturated heterocycles. The van der Waals surface area contributed by atoms with Gasteiger partial charge < -0.3 is 5.32 Å². The van der Waals surface area contributed by atoms with Gasteiger partial charge in [0.15, 0.2) is 0 Å². The third kappa shape index (κ3) is 2.49. The van der Waals surface area contributed by atoms with Gasteiger partial charge in [0, 0.05) is 13.2 Å². The highest BCUT2D eigenvalue weighted by molar-refractivity contribution is 6.39. The second-order valence-corrected chi connectivity index (χ2v) is 4.25. The largest absolute Gasteiger partial charge is 0.377 e. The van der Waals surface area contributed by atoms with Crippen LogP contribution >= 0.6 is 23.2 Å². The van der Waals surface area contributed by atoms with Gasteiger partial charge in [-0.15, -0.1) is 0 Å². The lowest BCUT2D eigenvalue weighted by atomic mass is 10.3. The first-order valence-electron chi connectivity index (χ1n) is 4.83. The second kappa shape index (κ2) is 4.76. The predicted molar refractivity (Wildman–Crippen MR) is 67.0 cm³/mol. The average molecular weight is 256 g/mol. The summed E-state index contributed by atoms with van der Waals surface area (Å²) < 4.78 is 1.76. The number of rotatable bonds is 3. The number of halogens is 2. The normalized spacial score (nSPS) is 10.4. The minimum Gasteiger partial charge on any atom is -0.377 e. The van der Waals surface area contributed by atoms with E-state index in [1.807, 2.05) is 25.4 Å². The van der Waals surface area contributed by atoms with Gasteiger partial charge in [-0.2, -0.15) is 5.10 Å². The first-order valence-corrected chi connectivity index (χ1v) is 5.59. The molecule has 1 heterocycles. The lowest BCUT2D eigenvalue weighted by Crippen LogP contribution is -2.02. The molecule has 0 spiro atoms. The van der Waals surface area contributed by atoms with E-state index in [0.717, 1.165) is 11.4 Å². The summed E-state index contributed by atoms with van der Waals surface area (Å²) in [5, 5.41) is 8.65. The topological polar surface area (TPSA) is 29.9 Å². The smallest absolute Gasteiger partial charge is 0.0815 e. The van der Waals surface area contributed by atoms with Crippen LogP contribution in [0.25, 0.3) is 0 Å². The lowest BCUT2D eigenvalue weighted by Gasteiger charge is -2.08. The van der Waals surface area contributed by atoms with Crippen molar-refractivity contribution in [1.29, 1.82) is 0 Å². The van der Waals surface area contributed by atoms with Crippen molar-refractivity contribution >= 4 is 28.9 Å². The first kappa shape index (κ1) is 11.3. The van der Waals surface area contributed by atoms with Gasteiger partial charge in [-0.3, -0.25) is 4.68 Å². The van der Waals surface area contributed by atoms with Gasteiger partial charge >= 0.3 is 0 Å². The van der Waals surface area contributed by atoms with Crippen LogP contribution in [0.3, 0.4) is 0 Å². The molecule has 0 aliphatic heterocycles. The van der Waals surface area contributed by atoms with Crippen molar-refractivity contribution in [2.24, 2.45) is 7.05 Å². The Morgan fingerprint density at radius 2 is 1.94 bits per heavy atom. The molecular formula is C11H11Cl2N3. The van der Waals surface area contributed by atoms with Crippen molar-refractivity contribution in [2.45, 2.75) is 6.54 Å². The summed E-state index contributed by atoms with van der Waals surface area (Å²) in [7, 11) is 1.88. The summed E-state index contributed by atoms with van der Waals surface area (Å²) in [6.45, 7) is 0.601. The van der Waals surface area contributed by atoms with Gasteiger partial charge in [-0.1, -0.05) is 29.3 Å². The van der Waals surface area contributed by atoms with Crippen LogP contribution in [-0.2, 0) is 13.6 Å². The Morgan fingerprint density at radius 3 is 2.50 bits per heavy atom. The Morgan fingerprint density at radius 1 is 1.25 bits per heavy atom. The number of aryl methyl sites for hydroxylation is 1. The zero-order valence-corrected chi connectivity index (χ0v) is 10.3. The van der Waals surface area contributed by atoms with Crippen molar-refractivity contribution in [3.8, 4) is 0 Å². The fourth-order valence-electron chi connectivity index (χ4n) is 1.40. The summed E-state index contributed by atoms with van der Waals surface area (Å²) in [5.74, 6) is 0. The Balaban J connectivity index is 2.10. The monoisotopic (exact) mass is 255 g/mol. The van der Waals surface area contributed by atoms with E-state index in [-0.39, 0.29) is 0 Å². The Bertz CT molecular complexity index is 473. The number of anilines is 1. The van der Waals surface area contributed by atoms with Crippen LogP contribution in [0.1, 0.15) is 5.69 Å². The highest BCUT2D eigenvalue weighted by Crippen LogP contribution is 2.29. The van der Waals surface area contributed by atoms with Crippen LogP contribution in [-0.4, -0.2) is 9.78 Å². The number of benzene rings is 1. The molecule has 0 amide bonds. The van der Waals surface area contributed by atoms with E-state index in [0.29, 0.717) is 16.6 Å². The molecule has 2 rings (SSSR count). The van der Waals surface area contributed by atoms with E-state index in [2.05, 4.69) is 10.4 Å². The molecule has 0 saturated carbocycles. The number of hydrogen-bond donors (Lipinski definition) is 1. The molecule has 0 aliphatic rings. The molecular weight excluding hydrogens is 245 g/mol. The van der Waals surface area contributed by atoms with Gasteiger partial charge in [0.25, 0.3) is 0 Å². The maximum absolute atomic E-state index is 6.03. The van der Waals surface area contributed by atoms with E-state index in [1.165, 1.54) is 0 Å². The van der Waals surface area contributed by atoms with Crippen molar-refractivity contribution in [2.75, 3.05) is 5.32 Å². The number of nitrogens with zero attached hydrogens (tertiary/aromatic N) is 2. The first-order chi connectivity index (χ1) is 7.66. The molecule has 1 aromatic heterocycles. The van der Waals surface area contributed by atoms with Crippen molar-refractivity contribution in [3.05, 3.63) is 46.2 Å². The molecule has 0 fully saturated rings. The zero-order valence-electron chi connectivity index (χ0n) is 8.74. The number of hydrogen-bond acceptors (Lipinski definition) is 2. The number of aromatic nitrogens is 2. The minimum atomic E-state index is 0.601. The summed E-state index contributed by atoms with van der Waals surface area (Å²) >= 11 is 12.1. The van der Waals surface area contributed by atoms with Crippen LogP contribution in [0.4, 0.5) is 5.69 Å². The van der Waals surface area contributed by atoms with Gasteiger partial charge in [0.2, 0.25) is 0 Å². The van der Waals surface area contributed by atoms with Crippen LogP contribution in [0.2, 0.25) is 10.0 Å². The molecule has 0 bridgehead atoms. The van der Waals surface area contributed by atoms with Crippen LogP contribution in [0, 0.1) is 0 Å². The van der Waals surface area contributed by atoms with Crippen molar-refractivity contribution in [3.63, 3.8) is 0 Å². The van der Waals surface area contributed by atoms with Gasteiger partial charge in [-0.25, -0.2) is 0 Å². The molecule has 3 nitrogen and oxygen atoms in total. The van der Waals surface area contributed by atoms with Crippen LogP contribution < -0.4 is 5.32 Å². The fourth-order valence-corrected chi connectivity index (χ4v) is 1.93. The van der Waals surface area contributed by atoms with Gasteiger partial charge in [0.1, 0.15) is 0 Å². The van der Waals surface area contributed by atoms with E-state index in [1.54, 1.807) is 16.8 Å². The van der Waals surface area contributed by atoms with Crippen molar-refractivity contribution in [1.82, 2.24) is 9.78 Å². The van der Waals surface area contributed by atoms with E-state index in [4.69, 9.17) is 23.2 Å². The lowest BCUT2D eigenvalue weighted by molar-refractivity contribution is 0.747. The summed E-state index contributed by atoms with van der Waals surface area (Å²) in [5.41, 5.74) is 1.69.